The molecule has 16 heteroatoms. The van der Waals surface area contributed by atoms with Crippen molar-refractivity contribution in [1.82, 2.24) is 0 Å². The molecule has 0 aromatic heterocycles. The Labute approximate surface area is 223 Å². The molecule has 0 amide bonds. The summed E-state index contributed by atoms with van der Waals surface area (Å²) in [6, 6.07) is 6.68. The minimum absolute atomic E-state index is 0.000422. The Bertz CT molecular complexity index is 1190. The summed E-state index contributed by atoms with van der Waals surface area (Å²) in [5, 5.41) is -1.08. The standard InChI is InChI=1S/C22H32F6O6S4/c1-20(2,3)18-10-8-17(9-11-18)19(36(14-6-7-15-36)34-38(31,32)22(26,27)28)16-35(12-4-5-13-35)33-37(29,30)21(23,24)25/h8-11,19H,4-7,12-16H2,1-3H3. The average Bonchev–Trinajstić information content (AvgIpc) is 3.40. The van der Waals surface area contributed by atoms with Crippen LogP contribution in [0.2, 0.25) is 0 Å². The molecule has 1 unspecified atom stereocenters. The molecule has 0 radical (unpaired) electrons. The number of halogens is 6. The van der Waals surface area contributed by atoms with E-state index in [2.05, 4.69) is 0 Å². The zero-order valence-corrected chi connectivity index (χ0v) is 24.4. The molecule has 0 N–H and O–H groups in total. The second kappa shape index (κ2) is 10.6. The van der Waals surface area contributed by atoms with E-state index in [-0.39, 0.29) is 34.2 Å². The summed E-state index contributed by atoms with van der Waals surface area (Å²) in [6.07, 6.45) is 1.48. The van der Waals surface area contributed by atoms with Crippen LogP contribution >= 0.6 is 20.6 Å². The summed E-state index contributed by atoms with van der Waals surface area (Å²) in [5.74, 6) is -0.383. The van der Waals surface area contributed by atoms with E-state index in [1.807, 2.05) is 20.8 Å². The van der Waals surface area contributed by atoms with Crippen molar-refractivity contribution in [1.29, 1.82) is 0 Å². The van der Waals surface area contributed by atoms with Crippen molar-refractivity contribution in [2.45, 2.75) is 68.1 Å². The van der Waals surface area contributed by atoms with Crippen LogP contribution in [0.5, 0.6) is 0 Å². The topological polar surface area (TPSA) is 86.7 Å². The Morgan fingerprint density at radius 2 is 1.16 bits per heavy atom. The summed E-state index contributed by atoms with van der Waals surface area (Å²) in [6.45, 7) is 5.82. The second-order valence-electron chi connectivity index (χ2n) is 10.5. The quantitative estimate of drug-likeness (QED) is 0.231. The van der Waals surface area contributed by atoms with Crippen molar-refractivity contribution in [3.63, 3.8) is 0 Å². The molecule has 1 aromatic rings. The van der Waals surface area contributed by atoms with Gasteiger partial charge in [0.2, 0.25) is 0 Å². The lowest BCUT2D eigenvalue weighted by atomic mass is 9.86. The molecule has 2 heterocycles. The highest BCUT2D eigenvalue weighted by atomic mass is 32.3. The Kier molecular flexibility index (Phi) is 8.90. The minimum atomic E-state index is -6.03. The van der Waals surface area contributed by atoms with Crippen LogP contribution in [0.1, 0.15) is 62.8 Å². The lowest BCUT2D eigenvalue weighted by molar-refractivity contribution is -0.0501. The van der Waals surface area contributed by atoms with Gasteiger partial charge in [-0.05, 0) is 42.2 Å². The van der Waals surface area contributed by atoms with E-state index >= 15 is 0 Å². The maximum Gasteiger partial charge on any atom is 0.523 e. The van der Waals surface area contributed by atoms with E-state index in [9.17, 15) is 43.2 Å². The lowest BCUT2D eigenvalue weighted by Gasteiger charge is -2.46. The number of hydrogen-bond acceptors (Lipinski definition) is 6. The molecular weight excluding hydrogens is 602 g/mol. The molecule has 1 atom stereocenters. The molecule has 222 valence electrons. The van der Waals surface area contributed by atoms with Gasteiger partial charge < -0.3 is 0 Å². The fourth-order valence-electron chi connectivity index (χ4n) is 4.68. The zero-order chi connectivity index (χ0) is 28.8. The fourth-order valence-corrected chi connectivity index (χ4v) is 17.2. The highest BCUT2D eigenvalue weighted by Crippen LogP contribution is 2.72. The molecule has 0 aliphatic carbocycles. The molecule has 0 saturated carbocycles. The van der Waals surface area contributed by atoms with Crippen molar-refractivity contribution >= 4 is 40.9 Å². The second-order valence-corrected chi connectivity index (χ2v) is 20.6. The highest BCUT2D eigenvalue weighted by Gasteiger charge is 2.56. The van der Waals surface area contributed by atoms with Crippen molar-refractivity contribution in [2.24, 2.45) is 0 Å². The normalized spacial score (nSPS) is 23.2. The maximum absolute atomic E-state index is 13.4. The molecule has 2 aliphatic heterocycles. The Morgan fingerprint density at radius 1 is 0.737 bits per heavy atom. The number of rotatable bonds is 8. The van der Waals surface area contributed by atoms with Gasteiger partial charge in [0.15, 0.2) is 0 Å². The van der Waals surface area contributed by atoms with Crippen molar-refractivity contribution in [3.05, 3.63) is 35.4 Å². The van der Waals surface area contributed by atoms with Crippen LogP contribution < -0.4 is 0 Å². The smallest absolute Gasteiger partial charge is 0.213 e. The van der Waals surface area contributed by atoms with Gasteiger partial charge in [0, 0.05) is 34.0 Å². The molecule has 1 aromatic carbocycles. The SMILES string of the molecule is CC(C)(C)c1ccc(C(CS2(OS(=O)(=O)C(F)(F)F)CCCC2)S2(OS(=O)(=O)C(F)(F)F)CCCC2)cc1. The molecule has 2 aliphatic rings. The highest BCUT2D eigenvalue weighted by molar-refractivity contribution is 8.36. The van der Waals surface area contributed by atoms with E-state index in [0.29, 0.717) is 31.2 Å². The van der Waals surface area contributed by atoms with Gasteiger partial charge >= 0.3 is 31.3 Å². The van der Waals surface area contributed by atoms with Crippen molar-refractivity contribution in [2.75, 3.05) is 28.8 Å². The minimum Gasteiger partial charge on any atom is -0.213 e. The van der Waals surface area contributed by atoms with Gasteiger partial charge in [0.1, 0.15) is 0 Å². The van der Waals surface area contributed by atoms with Crippen LogP contribution in [-0.2, 0) is 32.9 Å². The van der Waals surface area contributed by atoms with Crippen LogP contribution in [0.25, 0.3) is 0 Å². The van der Waals surface area contributed by atoms with Crippen LogP contribution in [0, 0.1) is 0 Å². The first kappa shape index (κ1) is 31.8. The molecule has 38 heavy (non-hydrogen) atoms. The number of alkyl halides is 6. The zero-order valence-electron chi connectivity index (χ0n) is 21.1. The van der Waals surface area contributed by atoms with E-state index in [0.717, 1.165) is 5.56 Å². The van der Waals surface area contributed by atoms with E-state index < -0.39 is 57.1 Å². The first-order valence-corrected chi connectivity index (χ1v) is 18.7. The first-order chi connectivity index (χ1) is 17.1. The molecule has 6 nitrogen and oxygen atoms in total. The van der Waals surface area contributed by atoms with Gasteiger partial charge in [-0.2, -0.15) is 43.2 Å². The van der Waals surface area contributed by atoms with Gasteiger partial charge in [-0.15, -0.1) is 20.6 Å². The van der Waals surface area contributed by atoms with Crippen LogP contribution in [0.4, 0.5) is 26.3 Å². The Morgan fingerprint density at radius 3 is 1.58 bits per heavy atom. The first-order valence-electron chi connectivity index (χ1n) is 11.8. The van der Waals surface area contributed by atoms with Gasteiger partial charge in [-0.3, -0.25) is 0 Å². The molecule has 0 bridgehead atoms. The summed E-state index contributed by atoms with van der Waals surface area (Å²) in [4.78, 5) is 0. The van der Waals surface area contributed by atoms with E-state index in [1.54, 1.807) is 24.3 Å². The largest absolute Gasteiger partial charge is 0.523 e. The summed E-state index contributed by atoms with van der Waals surface area (Å²) in [7, 11) is -18.1. The lowest BCUT2D eigenvalue weighted by Crippen LogP contribution is -2.33. The maximum atomic E-state index is 13.4. The molecule has 2 fully saturated rings. The Hall–Kier alpha value is -0.680. The van der Waals surface area contributed by atoms with Gasteiger partial charge in [-0.1, -0.05) is 45.0 Å². The third kappa shape index (κ3) is 6.78. The number of benzene rings is 1. The van der Waals surface area contributed by atoms with Crippen LogP contribution in [0.3, 0.4) is 0 Å². The van der Waals surface area contributed by atoms with Crippen LogP contribution in [-0.4, -0.2) is 56.6 Å². The molecular formula is C22H32F6O6S4. The summed E-state index contributed by atoms with van der Waals surface area (Å²) >= 11 is 0. The fraction of sp³-hybridized carbons (Fsp3) is 0.727. The van der Waals surface area contributed by atoms with E-state index in [4.69, 9.17) is 7.26 Å². The van der Waals surface area contributed by atoms with Crippen molar-refractivity contribution in [3.8, 4) is 0 Å². The summed E-state index contributed by atoms with van der Waals surface area (Å²) in [5.41, 5.74) is -10.4. The third-order valence-corrected chi connectivity index (χ3v) is 18.1. The third-order valence-electron chi connectivity index (χ3n) is 6.66. The van der Waals surface area contributed by atoms with E-state index in [1.165, 1.54) is 0 Å². The predicted octanol–water partition coefficient (Wildman–Crippen LogP) is 6.78. The molecule has 0 spiro atoms. The monoisotopic (exact) mass is 634 g/mol. The predicted molar refractivity (Wildman–Crippen MR) is 138 cm³/mol. The molecule has 2 saturated heterocycles. The Balaban J connectivity index is 2.15. The van der Waals surface area contributed by atoms with Gasteiger partial charge in [-0.25, -0.2) is 7.26 Å². The average molecular weight is 635 g/mol. The van der Waals surface area contributed by atoms with Gasteiger partial charge in [0.05, 0.1) is 0 Å². The summed E-state index contributed by atoms with van der Waals surface area (Å²) < 4.78 is 139. The van der Waals surface area contributed by atoms with Crippen LogP contribution in [0.15, 0.2) is 24.3 Å². The molecule has 3 rings (SSSR count). The van der Waals surface area contributed by atoms with Gasteiger partial charge in [0.25, 0.3) is 0 Å². The number of hydrogen-bond donors (Lipinski definition) is 0. The van der Waals surface area contributed by atoms with Crippen molar-refractivity contribution < 1.29 is 50.4 Å².